The Morgan fingerprint density at radius 2 is 2.31 bits per heavy atom. The zero-order valence-corrected chi connectivity index (χ0v) is 8.99. The number of anilines is 1. The zero-order chi connectivity index (χ0) is 11.7. The van der Waals surface area contributed by atoms with E-state index in [0.29, 0.717) is 18.4 Å². The van der Waals surface area contributed by atoms with E-state index in [9.17, 15) is 14.7 Å². The molecule has 84 valence electrons. The molecule has 4 nitrogen and oxygen atoms in total. The quantitative estimate of drug-likeness (QED) is 0.802. The van der Waals surface area contributed by atoms with E-state index in [1.165, 1.54) is 0 Å². The van der Waals surface area contributed by atoms with Gasteiger partial charge in [0.25, 0.3) is 0 Å². The number of hydrogen-bond acceptors (Lipinski definition) is 3. The van der Waals surface area contributed by atoms with Crippen molar-refractivity contribution >= 4 is 17.4 Å². The topological polar surface area (TPSA) is 66.4 Å². The molecule has 0 saturated heterocycles. The Labute approximate surface area is 93.3 Å². The van der Waals surface area contributed by atoms with Gasteiger partial charge in [0.05, 0.1) is 6.42 Å². The van der Waals surface area contributed by atoms with Crippen molar-refractivity contribution in [2.45, 2.75) is 25.9 Å². The molecule has 0 bridgehead atoms. The summed E-state index contributed by atoms with van der Waals surface area (Å²) in [5, 5.41) is 12.4. The highest BCUT2D eigenvalue weighted by Gasteiger charge is 2.21. The third-order valence-electron chi connectivity index (χ3n) is 2.72. The van der Waals surface area contributed by atoms with Gasteiger partial charge in [-0.1, -0.05) is 19.1 Å². The first-order valence-corrected chi connectivity index (χ1v) is 5.25. The molecule has 1 aromatic carbocycles. The molecule has 0 fully saturated rings. The number of Topliss-reactive ketones (excluding diaryl/α,β-unsaturated/α-hetero) is 1. The number of aliphatic hydroxyl groups excluding tert-OH is 1. The van der Waals surface area contributed by atoms with Gasteiger partial charge in [0.1, 0.15) is 6.10 Å². The summed E-state index contributed by atoms with van der Waals surface area (Å²) in [4.78, 5) is 22.5. The van der Waals surface area contributed by atoms with Crippen molar-refractivity contribution in [3.63, 3.8) is 0 Å². The van der Waals surface area contributed by atoms with Crippen LogP contribution in [0.15, 0.2) is 18.2 Å². The molecule has 2 rings (SSSR count). The molecule has 1 amide bonds. The smallest absolute Gasteiger partial charge is 0.228 e. The van der Waals surface area contributed by atoms with Gasteiger partial charge in [-0.15, -0.1) is 0 Å². The summed E-state index contributed by atoms with van der Waals surface area (Å²) in [7, 11) is 0. The Bertz CT molecular complexity index is 454. The molecule has 4 heteroatoms. The minimum absolute atomic E-state index is 0.0524. The lowest BCUT2D eigenvalue weighted by Crippen LogP contribution is -2.10. The minimum Gasteiger partial charge on any atom is -0.381 e. The molecule has 0 spiro atoms. The van der Waals surface area contributed by atoms with Crippen LogP contribution < -0.4 is 5.32 Å². The van der Waals surface area contributed by atoms with Gasteiger partial charge in [0.2, 0.25) is 5.91 Å². The first kappa shape index (κ1) is 10.8. The molecule has 0 radical (unpaired) electrons. The SMILES string of the molecule is CCC(=O)C(O)c1ccc2c(c1)CC(=O)N2. The highest BCUT2D eigenvalue weighted by Crippen LogP contribution is 2.27. The lowest BCUT2D eigenvalue weighted by Gasteiger charge is -2.09. The first-order valence-electron chi connectivity index (χ1n) is 5.25. The van der Waals surface area contributed by atoms with Crippen LogP contribution in [0.3, 0.4) is 0 Å². The molecule has 1 heterocycles. The predicted molar refractivity (Wildman–Crippen MR) is 59.0 cm³/mol. The lowest BCUT2D eigenvalue weighted by atomic mass is 10.0. The van der Waals surface area contributed by atoms with Crippen molar-refractivity contribution in [3.05, 3.63) is 29.3 Å². The summed E-state index contributed by atoms with van der Waals surface area (Å²) in [6.45, 7) is 1.71. The van der Waals surface area contributed by atoms with Crippen LogP contribution in [0.25, 0.3) is 0 Å². The molecule has 16 heavy (non-hydrogen) atoms. The molecule has 0 saturated carbocycles. The monoisotopic (exact) mass is 219 g/mol. The molecule has 0 aromatic heterocycles. The molecule has 1 aliphatic rings. The van der Waals surface area contributed by atoms with Crippen LogP contribution in [0.4, 0.5) is 5.69 Å². The van der Waals surface area contributed by atoms with Gasteiger partial charge in [-0.3, -0.25) is 9.59 Å². The summed E-state index contributed by atoms with van der Waals surface area (Å²) in [6.07, 6.45) is -0.461. The molecule has 1 unspecified atom stereocenters. The van der Waals surface area contributed by atoms with Crippen molar-refractivity contribution in [2.75, 3.05) is 5.32 Å². The summed E-state index contributed by atoms with van der Waals surface area (Å²) in [6, 6.07) is 5.11. The lowest BCUT2D eigenvalue weighted by molar-refractivity contribution is -0.127. The van der Waals surface area contributed by atoms with Crippen LogP contribution in [0, 0.1) is 0 Å². The fourth-order valence-corrected chi connectivity index (χ4v) is 1.80. The molecule has 1 aromatic rings. The number of hydrogen-bond donors (Lipinski definition) is 2. The fourth-order valence-electron chi connectivity index (χ4n) is 1.80. The van der Waals surface area contributed by atoms with Gasteiger partial charge in [0.15, 0.2) is 5.78 Å². The standard InChI is InChI=1S/C12H13NO3/c1-2-10(14)12(16)7-3-4-9-8(5-7)6-11(15)13-9/h3-5,12,16H,2,6H2,1H3,(H,13,15). The summed E-state index contributed by atoms with van der Waals surface area (Å²) < 4.78 is 0. The molecule has 1 atom stereocenters. The van der Waals surface area contributed by atoms with E-state index in [0.717, 1.165) is 11.3 Å². The first-order chi connectivity index (χ1) is 7.61. The minimum atomic E-state index is -1.08. The van der Waals surface area contributed by atoms with E-state index < -0.39 is 6.10 Å². The average molecular weight is 219 g/mol. The molecule has 0 aliphatic carbocycles. The Morgan fingerprint density at radius 3 is 3.00 bits per heavy atom. The maximum Gasteiger partial charge on any atom is 0.228 e. The van der Waals surface area contributed by atoms with Crippen LogP contribution >= 0.6 is 0 Å². The number of aliphatic hydroxyl groups is 1. The largest absolute Gasteiger partial charge is 0.381 e. The summed E-state index contributed by atoms with van der Waals surface area (Å²) in [5.41, 5.74) is 2.16. The highest BCUT2D eigenvalue weighted by atomic mass is 16.3. The van der Waals surface area contributed by atoms with Crippen molar-refractivity contribution in [2.24, 2.45) is 0 Å². The third kappa shape index (κ3) is 1.84. The number of carbonyl (C=O) groups excluding carboxylic acids is 2. The number of fused-ring (bicyclic) bond motifs is 1. The Balaban J connectivity index is 2.29. The Hall–Kier alpha value is -1.68. The predicted octanol–water partition coefficient (Wildman–Crippen LogP) is 1.19. The molecule has 1 aliphatic heterocycles. The van der Waals surface area contributed by atoms with E-state index in [2.05, 4.69) is 5.32 Å². The summed E-state index contributed by atoms with van der Waals surface area (Å²) in [5.74, 6) is -0.263. The van der Waals surface area contributed by atoms with Gasteiger partial charge >= 0.3 is 0 Å². The van der Waals surface area contributed by atoms with Crippen LogP contribution in [-0.4, -0.2) is 16.8 Å². The number of carbonyl (C=O) groups is 2. The van der Waals surface area contributed by atoms with Crippen molar-refractivity contribution in [1.29, 1.82) is 0 Å². The van der Waals surface area contributed by atoms with Crippen molar-refractivity contribution in [1.82, 2.24) is 0 Å². The van der Waals surface area contributed by atoms with Gasteiger partial charge in [-0.25, -0.2) is 0 Å². The molecular formula is C12H13NO3. The normalized spacial score (nSPS) is 15.5. The number of ketones is 1. The average Bonchev–Trinajstić information content (AvgIpc) is 2.65. The van der Waals surface area contributed by atoms with E-state index in [1.807, 2.05) is 0 Å². The van der Waals surface area contributed by atoms with E-state index in [-0.39, 0.29) is 11.7 Å². The molecule has 2 N–H and O–H groups in total. The second-order valence-electron chi connectivity index (χ2n) is 3.86. The molecular weight excluding hydrogens is 206 g/mol. The summed E-state index contributed by atoms with van der Waals surface area (Å²) >= 11 is 0. The van der Waals surface area contributed by atoms with Gasteiger partial charge in [0, 0.05) is 12.1 Å². The number of nitrogens with one attached hydrogen (secondary N) is 1. The van der Waals surface area contributed by atoms with E-state index in [4.69, 9.17) is 0 Å². The zero-order valence-electron chi connectivity index (χ0n) is 8.99. The van der Waals surface area contributed by atoms with Crippen LogP contribution in [0.5, 0.6) is 0 Å². The van der Waals surface area contributed by atoms with Crippen LogP contribution in [0.2, 0.25) is 0 Å². The second-order valence-corrected chi connectivity index (χ2v) is 3.86. The second kappa shape index (κ2) is 4.06. The van der Waals surface area contributed by atoms with E-state index >= 15 is 0 Å². The van der Waals surface area contributed by atoms with Crippen molar-refractivity contribution in [3.8, 4) is 0 Å². The van der Waals surface area contributed by atoms with E-state index in [1.54, 1.807) is 25.1 Å². The fraction of sp³-hybridized carbons (Fsp3) is 0.333. The maximum atomic E-state index is 11.3. The van der Waals surface area contributed by atoms with Gasteiger partial charge < -0.3 is 10.4 Å². The Morgan fingerprint density at radius 1 is 1.56 bits per heavy atom. The number of rotatable bonds is 3. The van der Waals surface area contributed by atoms with Gasteiger partial charge in [-0.2, -0.15) is 0 Å². The van der Waals surface area contributed by atoms with Crippen LogP contribution in [-0.2, 0) is 16.0 Å². The number of benzene rings is 1. The Kier molecular flexibility index (Phi) is 2.75. The highest BCUT2D eigenvalue weighted by molar-refractivity contribution is 5.99. The van der Waals surface area contributed by atoms with Gasteiger partial charge in [-0.05, 0) is 17.2 Å². The number of amides is 1. The third-order valence-corrected chi connectivity index (χ3v) is 2.72. The van der Waals surface area contributed by atoms with Crippen LogP contribution in [0.1, 0.15) is 30.6 Å². The maximum absolute atomic E-state index is 11.3. The van der Waals surface area contributed by atoms with Crippen molar-refractivity contribution < 1.29 is 14.7 Å².